The van der Waals surface area contributed by atoms with Gasteiger partial charge in [-0.25, -0.2) is 0 Å². The average Bonchev–Trinajstić information content (AvgIpc) is 2.55. The van der Waals surface area contributed by atoms with Gasteiger partial charge in [0.05, 0.1) is 5.56 Å². The first kappa shape index (κ1) is 10.2. The first-order valence-electron chi connectivity index (χ1n) is 4.98. The van der Waals surface area contributed by atoms with Crippen LogP contribution in [0.15, 0.2) is 0 Å². The molecule has 1 amide bonds. The van der Waals surface area contributed by atoms with Crippen molar-refractivity contribution in [3.05, 3.63) is 20.9 Å². The average molecular weight is 220 g/mol. The Morgan fingerprint density at radius 1 is 1.67 bits per heavy atom. The molecule has 3 nitrogen and oxygen atoms in total. The van der Waals surface area contributed by atoms with Crippen LogP contribution in [0.1, 0.15) is 39.0 Å². The monoisotopic (exact) mass is 220 g/mol. The van der Waals surface area contributed by atoms with Gasteiger partial charge < -0.3 is 5.73 Å². The van der Waals surface area contributed by atoms with Crippen LogP contribution in [0.5, 0.6) is 0 Å². The van der Waals surface area contributed by atoms with Crippen LogP contribution >= 0.6 is 11.3 Å². The maximum atomic E-state index is 11.2. The molecule has 0 aliphatic heterocycles. The van der Waals surface area contributed by atoms with Gasteiger partial charge in [0.2, 0.25) is 0 Å². The van der Waals surface area contributed by atoms with Crippen molar-refractivity contribution >= 4 is 17.2 Å². The van der Waals surface area contributed by atoms with Crippen molar-refractivity contribution < 1.29 is 4.79 Å². The molecule has 2 rings (SSSR count). The van der Waals surface area contributed by atoms with E-state index in [4.69, 9.17) is 11.0 Å². The molecular formula is C11H12N2OS. The van der Waals surface area contributed by atoms with Crippen molar-refractivity contribution in [1.82, 2.24) is 0 Å². The summed E-state index contributed by atoms with van der Waals surface area (Å²) in [6.07, 6.45) is 2.97. The molecule has 0 spiro atoms. The molecule has 0 fully saturated rings. The van der Waals surface area contributed by atoms with E-state index in [0.717, 1.165) is 24.8 Å². The molecule has 0 saturated carbocycles. The quantitative estimate of drug-likeness (QED) is 0.784. The Labute approximate surface area is 92.5 Å². The third-order valence-electron chi connectivity index (χ3n) is 2.85. The molecule has 2 N–H and O–H groups in total. The number of nitrogens with zero attached hydrogens (tertiary/aromatic N) is 1. The summed E-state index contributed by atoms with van der Waals surface area (Å²) in [5.41, 5.74) is 6.84. The minimum Gasteiger partial charge on any atom is -0.365 e. The summed E-state index contributed by atoms with van der Waals surface area (Å²) in [4.78, 5) is 12.8. The zero-order valence-corrected chi connectivity index (χ0v) is 9.36. The second kappa shape index (κ2) is 3.67. The predicted octanol–water partition coefficient (Wildman–Crippen LogP) is 1.84. The van der Waals surface area contributed by atoms with Gasteiger partial charge in [0, 0.05) is 4.88 Å². The van der Waals surface area contributed by atoms with Gasteiger partial charge in [-0.2, -0.15) is 5.26 Å². The molecule has 0 radical (unpaired) electrons. The summed E-state index contributed by atoms with van der Waals surface area (Å²) >= 11 is 1.40. The fourth-order valence-corrected chi connectivity index (χ4v) is 3.36. The molecule has 1 aromatic rings. The third kappa shape index (κ3) is 1.64. The number of hydrogen-bond donors (Lipinski definition) is 1. The van der Waals surface area contributed by atoms with Crippen molar-refractivity contribution in [3.63, 3.8) is 0 Å². The molecule has 1 atom stereocenters. The van der Waals surface area contributed by atoms with Crippen molar-refractivity contribution in [2.24, 2.45) is 11.7 Å². The molecule has 1 aromatic heterocycles. The van der Waals surface area contributed by atoms with Crippen molar-refractivity contribution in [2.75, 3.05) is 0 Å². The van der Waals surface area contributed by atoms with E-state index in [2.05, 4.69) is 13.0 Å². The van der Waals surface area contributed by atoms with Crippen LogP contribution in [0, 0.1) is 17.2 Å². The molecule has 1 aliphatic carbocycles. The lowest BCUT2D eigenvalue weighted by Crippen LogP contribution is -2.11. The second-order valence-electron chi connectivity index (χ2n) is 4.03. The minimum absolute atomic E-state index is 0.441. The topological polar surface area (TPSA) is 66.9 Å². The van der Waals surface area contributed by atoms with E-state index in [-0.39, 0.29) is 0 Å². The maximum Gasteiger partial charge on any atom is 0.260 e. The SMILES string of the molecule is CC1CCc2c(sc(C(N)=O)c2C#N)C1. The third-order valence-corrected chi connectivity index (χ3v) is 4.12. The number of nitriles is 1. The van der Waals surface area contributed by atoms with Crippen molar-refractivity contribution in [2.45, 2.75) is 26.2 Å². The highest BCUT2D eigenvalue weighted by Gasteiger charge is 2.25. The number of primary amides is 1. The van der Waals surface area contributed by atoms with Crippen molar-refractivity contribution in [1.29, 1.82) is 5.26 Å². The molecule has 0 aromatic carbocycles. The number of fused-ring (bicyclic) bond motifs is 1. The zero-order valence-electron chi connectivity index (χ0n) is 8.54. The summed E-state index contributed by atoms with van der Waals surface area (Å²) in [7, 11) is 0. The highest BCUT2D eigenvalue weighted by atomic mass is 32.1. The molecule has 78 valence electrons. The van der Waals surface area contributed by atoms with Gasteiger partial charge in [0.15, 0.2) is 0 Å². The number of amides is 1. The zero-order chi connectivity index (χ0) is 11.0. The molecule has 4 heteroatoms. The number of carbonyl (C=O) groups is 1. The Balaban J connectivity index is 2.54. The number of carbonyl (C=O) groups excluding carboxylic acids is 1. The standard InChI is InChI=1S/C11H12N2OS/c1-6-2-3-7-8(5-12)10(11(13)14)15-9(7)4-6/h6H,2-4H2,1H3,(H2,13,14). The van der Waals surface area contributed by atoms with Crippen LogP contribution in [-0.2, 0) is 12.8 Å². The van der Waals surface area contributed by atoms with Gasteiger partial charge in [-0.15, -0.1) is 11.3 Å². The van der Waals surface area contributed by atoms with E-state index >= 15 is 0 Å². The van der Waals surface area contributed by atoms with Crippen molar-refractivity contribution in [3.8, 4) is 6.07 Å². The summed E-state index contributed by atoms with van der Waals surface area (Å²) in [6.45, 7) is 2.19. The van der Waals surface area contributed by atoms with Crippen LogP contribution < -0.4 is 5.73 Å². The summed E-state index contributed by atoms with van der Waals surface area (Å²) in [5, 5.41) is 9.03. The lowest BCUT2D eigenvalue weighted by Gasteiger charge is -2.17. The summed E-state index contributed by atoms with van der Waals surface area (Å²) < 4.78 is 0. The van der Waals surface area contributed by atoms with E-state index in [1.165, 1.54) is 16.2 Å². The second-order valence-corrected chi connectivity index (χ2v) is 5.14. The van der Waals surface area contributed by atoms with E-state index in [1.807, 2.05) is 0 Å². The number of thiophene rings is 1. The normalized spacial score (nSPS) is 19.3. The number of rotatable bonds is 1. The van der Waals surface area contributed by atoms with Crippen LogP contribution in [0.4, 0.5) is 0 Å². The van der Waals surface area contributed by atoms with Crippen LogP contribution in [0.25, 0.3) is 0 Å². The number of hydrogen-bond acceptors (Lipinski definition) is 3. The Kier molecular flexibility index (Phi) is 2.49. The molecular weight excluding hydrogens is 208 g/mol. The summed E-state index contributed by atoms with van der Waals surface area (Å²) in [6, 6.07) is 2.11. The maximum absolute atomic E-state index is 11.2. The molecule has 0 saturated heterocycles. The largest absolute Gasteiger partial charge is 0.365 e. The molecule has 15 heavy (non-hydrogen) atoms. The molecule has 1 heterocycles. The van der Waals surface area contributed by atoms with Crippen LogP contribution in [-0.4, -0.2) is 5.91 Å². The lowest BCUT2D eigenvalue weighted by molar-refractivity contribution is 0.100. The highest BCUT2D eigenvalue weighted by molar-refractivity contribution is 7.14. The van der Waals surface area contributed by atoms with Crippen LogP contribution in [0.2, 0.25) is 0 Å². The van der Waals surface area contributed by atoms with E-state index < -0.39 is 5.91 Å². The highest BCUT2D eigenvalue weighted by Crippen LogP contribution is 2.35. The van der Waals surface area contributed by atoms with Gasteiger partial charge >= 0.3 is 0 Å². The fourth-order valence-electron chi connectivity index (χ4n) is 2.04. The van der Waals surface area contributed by atoms with Gasteiger partial charge in [-0.05, 0) is 30.7 Å². The molecule has 0 bridgehead atoms. The van der Waals surface area contributed by atoms with E-state index in [0.29, 0.717) is 16.4 Å². The lowest BCUT2D eigenvalue weighted by atomic mass is 9.88. The Bertz CT molecular complexity index is 456. The van der Waals surface area contributed by atoms with Gasteiger partial charge in [0.25, 0.3) is 5.91 Å². The Morgan fingerprint density at radius 3 is 3.00 bits per heavy atom. The minimum atomic E-state index is -0.474. The number of nitrogens with two attached hydrogens (primary N) is 1. The first-order valence-corrected chi connectivity index (χ1v) is 5.79. The first-order chi connectivity index (χ1) is 7.13. The molecule has 1 unspecified atom stereocenters. The van der Waals surface area contributed by atoms with Gasteiger partial charge in [-0.1, -0.05) is 6.92 Å². The van der Waals surface area contributed by atoms with Crippen LogP contribution in [0.3, 0.4) is 0 Å². The Hall–Kier alpha value is -1.34. The fraction of sp³-hybridized carbons (Fsp3) is 0.455. The predicted molar refractivity (Wildman–Crippen MR) is 58.7 cm³/mol. The van der Waals surface area contributed by atoms with Gasteiger partial charge in [-0.3, -0.25) is 4.79 Å². The smallest absolute Gasteiger partial charge is 0.260 e. The summed E-state index contributed by atoms with van der Waals surface area (Å²) in [5.74, 6) is 0.169. The van der Waals surface area contributed by atoms with E-state index in [1.54, 1.807) is 0 Å². The Morgan fingerprint density at radius 2 is 2.40 bits per heavy atom. The van der Waals surface area contributed by atoms with Gasteiger partial charge in [0.1, 0.15) is 10.9 Å². The molecule has 1 aliphatic rings. The van der Waals surface area contributed by atoms with E-state index in [9.17, 15) is 4.79 Å².